The first-order valence-electron chi connectivity index (χ1n) is 8.21. The SMILES string of the molecule is CCCCC(N)[C@H]1N=C(OCC)[C@H](C(C)C)N=C1OCC. The molecule has 0 aromatic carbocycles. The van der Waals surface area contributed by atoms with E-state index < -0.39 is 0 Å². The predicted molar refractivity (Wildman–Crippen MR) is 88.0 cm³/mol. The number of hydrogen-bond acceptors (Lipinski definition) is 5. The third kappa shape index (κ3) is 4.99. The van der Waals surface area contributed by atoms with E-state index in [2.05, 4.69) is 20.8 Å². The molecule has 3 atom stereocenters. The molecule has 0 bridgehead atoms. The number of hydrogen-bond donors (Lipinski definition) is 1. The fraction of sp³-hybridized carbons (Fsp3) is 0.875. The van der Waals surface area contributed by atoms with Crippen LogP contribution in [0.2, 0.25) is 0 Å². The summed E-state index contributed by atoms with van der Waals surface area (Å²) in [5.41, 5.74) is 6.31. The minimum absolute atomic E-state index is 0.0684. The third-order valence-corrected chi connectivity index (χ3v) is 3.55. The van der Waals surface area contributed by atoms with Crippen LogP contribution in [0.15, 0.2) is 9.98 Å². The van der Waals surface area contributed by atoms with Crippen molar-refractivity contribution in [1.29, 1.82) is 0 Å². The van der Waals surface area contributed by atoms with Gasteiger partial charge in [-0.1, -0.05) is 33.6 Å². The number of rotatable bonds is 7. The Morgan fingerprint density at radius 3 is 2.00 bits per heavy atom. The molecule has 2 N–H and O–H groups in total. The average molecular weight is 297 g/mol. The van der Waals surface area contributed by atoms with Gasteiger partial charge in [-0.05, 0) is 26.2 Å². The molecule has 0 amide bonds. The van der Waals surface area contributed by atoms with E-state index >= 15 is 0 Å². The van der Waals surface area contributed by atoms with E-state index in [9.17, 15) is 0 Å². The van der Waals surface area contributed by atoms with Crippen molar-refractivity contribution in [2.45, 2.75) is 72.0 Å². The first kappa shape index (κ1) is 18.0. The highest BCUT2D eigenvalue weighted by atomic mass is 16.5. The van der Waals surface area contributed by atoms with Crippen LogP contribution in [0.25, 0.3) is 0 Å². The Bertz CT molecular complexity index is 367. The standard InChI is InChI=1S/C16H31N3O2/c1-6-9-10-12(17)14-16(21-8-3)18-13(11(4)5)15(19-14)20-7-2/h11-14H,6-10,17H2,1-5H3/t12?,13-,14+/m0/s1. The Morgan fingerprint density at radius 2 is 1.52 bits per heavy atom. The molecule has 0 aliphatic carbocycles. The molecule has 0 fully saturated rings. The van der Waals surface area contributed by atoms with Gasteiger partial charge in [-0.15, -0.1) is 0 Å². The molecule has 1 aliphatic heterocycles. The van der Waals surface area contributed by atoms with Crippen molar-refractivity contribution in [3.8, 4) is 0 Å². The maximum absolute atomic E-state index is 6.31. The zero-order valence-corrected chi connectivity index (χ0v) is 14.1. The highest BCUT2D eigenvalue weighted by molar-refractivity contribution is 5.94. The molecule has 21 heavy (non-hydrogen) atoms. The number of ether oxygens (including phenoxy) is 2. The van der Waals surface area contributed by atoms with Gasteiger partial charge in [0.2, 0.25) is 11.8 Å². The maximum Gasteiger partial charge on any atom is 0.211 e. The molecule has 5 nitrogen and oxygen atoms in total. The molecular formula is C16H31N3O2. The molecule has 0 aromatic rings. The van der Waals surface area contributed by atoms with Crippen LogP contribution in [0.5, 0.6) is 0 Å². The Balaban J connectivity index is 2.98. The topological polar surface area (TPSA) is 69.2 Å². The summed E-state index contributed by atoms with van der Waals surface area (Å²) in [6.07, 6.45) is 3.13. The normalized spacial score (nSPS) is 23.6. The quantitative estimate of drug-likeness (QED) is 0.785. The van der Waals surface area contributed by atoms with Gasteiger partial charge in [0.25, 0.3) is 0 Å². The van der Waals surface area contributed by atoms with Crippen LogP contribution in [0, 0.1) is 5.92 Å². The predicted octanol–water partition coefficient (Wildman–Crippen LogP) is 2.78. The second-order valence-corrected chi connectivity index (χ2v) is 5.74. The van der Waals surface area contributed by atoms with E-state index in [1.54, 1.807) is 0 Å². The van der Waals surface area contributed by atoms with Crippen molar-refractivity contribution in [2.24, 2.45) is 21.6 Å². The number of unbranched alkanes of at least 4 members (excludes halogenated alkanes) is 1. The van der Waals surface area contributed by atoms with E-state index in [4.69, 9.17) is 25.2 Å². The molecule has 1 heterocycles. The molecule has 0 spiro atoms. The van der Waals surface area contributed by atoms with Gasteiger partial charge in [-0.3, -0.25) is 0 Å². The molecule has 0 saturated carbocycles. The first-order valence-corrected chi connectivity index (χ1v) is 8.21. The van der Waals surface area contributed by atoms with Gasteiger partial charge in [0.05, 0.1) is 13.2 Å². The summed E-state index contributed by atoms with van der Waals surface area (Å²) in [6, 6.07) is -0.354. The van der Waals surface area contributed by atoms with Gasteiger partial charge in [-0.25, -0.2) is 9.98 Å². The molecule has 1 unspecified atom stereocenters. The van der Waals surface area contributed by atoms with Gasteiger partial charge in [0.1, 0.15) is 12.1 Å². The Hall–Kier alpha value is -1.10. The van der Waals surface area contributed by atoms with Crippen molar-refractivity contribution >= 4 is 11.8 Å². The Labute approximate surface area is 129 Å². The van der Waals surface area contributed by atoms with E-state index in [0.717, 1.165) is 19.3 Å². The van der Waals surface area contributed by atoms with Gasteiger partial charge in [0.15, 0.2) is 0 Å². The van der Waals surface area contributed by atoms with Crippen LogP contribution >= 0.6 is 0 Å². The van der Waals surface area contributed by atoms with Gasteiger partial charge < -0.3 is 15.2 Å². The van der Waals surface area contributed by atoms with Gasteiger partial charge >= 0.3 is 0 Å². The Kier molecular flexibility index (Phi) is 7.72. The third-order valence-electron chi connectivity index (χ3n) is 3.55. The fourth-order valence-corrected chi connectivity index (χ4v) is 2.39. The molecule has 5 heteroatoms. The summed E-state index contributed by atoms with van der Waals surface area (Å²) in [7, 11) is 0. The lowest BCUT2D eigenvalue weighted by Crippen LogP contribution is -2.46. The van der Waals surface area contributed by atoms with Crippen molar-refractivity contribution in [1.82, 2.24) is 0 Å². The van der Waals surface area contributed by atoms with Crippen molar-refractivity contribution in [2.75, 3.05) is 13.2 Å². The lowest BCUT2D eigenvalue weighted by molar-refractivity contribution is 0.270. The zero-order valence-electron chi connectivity index (χ0n) is 14.1. The lowest BCUT2D eigenvalue weighted by Gasteiger charge is -2.30. The van der Waals surface area contributed by atoms with Crippen LogP contribution in [0.3, 0.4) is 0 Å². The summed E-state index contributed by atoms with van der Waals surface area (Å²) in [4.78, 5) is 9.48. The van der Waals surface area contributed by atoms with Crippen LogP contribution in [-0.2, 0) is 9.47 Å². The number of nitrogens with zero attached hydrogens (tertiary/aromatic N) is 2. The van der Waals surface area contributed by atoms with Crippen LogP contribution in [0.1, 0.15) is 53.9 Å². The van der Waals surface area contributed by atoms with Crippen molar-refractivity contribution in [3.05, 3.63) is 0 Å². The van der Waals surface area contributed by atoms with Crippen molar-refractivity contribution in [3.63, 3.8) is 0 Å². The largest absolute Gasteiger partial charge is 0.480 e. The summed E-state index contributed by atoms with van der Waals surface area (Å²) >= 11 is 0. The first-order chi connectivity index (χ1) is 10.0. The maximum atomic E-state index is 6.31. The van der Waals surface area contributed by atoms with Crippen LogP contribution in [-0.4, -0.2) is 43.1 Å². The highest BCUT2D eigenvalue weighted by Crippen LogP contribution is 2.20. The number of aliphatic imine (C=N–C) groups is 2. The molecule has 0 saturated heterocycles. The highest BCUT2D eigenvalue weighted by Gasteiger charge is 2.34. The van der Waals surface area contributed by atoms with Crippen LogP contribution < -0.4 is 5.73 Å². The van der Waals surface area contributed by atoms with Gasteiger partial charge in [-0.2, -0.15) is 0 Å². The van der Waals surface area contributed by atoms with E-state index in [0.29, 0.717) is 30.9 Å². The lowest BCUT2D eigenvalue weighted by atomic mass is 9.98. The molecular weight excluding hydrogens is 266 g/mol. The van der Waals surface area contributed by atoms with Crippen LogP contribution in [0.4, 0.5) is 0 Å². The molecule has 1 rings (SSSR count). The summed E-state index contributed by atoms with van der Waals surface area (Å²) in [6.45, 7) is 11.5. The minimum Gasteiger partial charge on any atom is -0.480 e. The monoisotopic (exact) mass is 297 g/mol. The fourth-order valence-electron chi connectivity index (χ4n) is 2.39. The zero-order chi connectivity index (χ0) is 15.8. The molecule has 0 radical (unpaired) electrons. The second kappa shape index (κ2) is 9.03. The minimum atomic E-state index is -0.215. The molecule has 0 aromatic heterocycles. The summed E-state index contributed by atoms with van der Waals surface area (Å²) < 4.78 is 11.4. The smallest absolute Gasteiger partial charge is 0.211 e. The van der Waals surface area contributed by atoms with E-state index in [1.165, 1.54) is 0 Å². The molecule has 1 aliphatic rings. The van der Waals surface area contributed by atoms with Crippen molar-refractivity contribution < 1.29 is 9.47 Å². The second-order valence-electron chi connectivity index (χ2n) is 5.74. The average Bonchev–Trinajstić information content (AvgIpc) is 2.46. The van der Waals surface area contributed by atoms with Gasteiger partial charge in [0, 0.05) is 6.04 Å². The van der Waals surface area contributed by atoms with E-state index in [-0.39, 0.29) is 18.1 Å². The summed E-state index contributed by atoms with van der Waals surface area (Å²) in [5.74, 6) is 1.69. The Morgan fingerprint density at radius 1 is 1.00 bits per heavy atom. The number of nitrogens with two attached hydrogens (primary N) is 1. The summed E-state index contributed by atoms with van der Waals surface area (Å²) in [5, 5.41) is 0. The van der Waals surface area contributed by atoms with E-state index in [1.807, 2.05) is 13.8 Å². The molecule has 122 valence electrons.